The van der Waals surface area contributed by atoms with Gasteiger partial charge in [-0.1, -0.05) is 12.1 Å². The zero-order valence-corrected chi connectivity index (χ0v) is 13.8. The van der Waals surface area contributed by atoms with Gasteiger partial charge in [0.2, 0.25) is 15.9 Å². The van der Waals surface area contributed by atoms with Crippen LogP contribution in [0.1, 0.15) is 31.4 Å². The molecule has 0 fully saturated rings. The standard InChI is InChI=1S/C13H21N3O3S.ClH/c1-10(16(2)13(17)4-3-9-14)11-5-7-12(8-6-11)20(15,18)19;/h5-8,10H,3-4,9,14H2,1-2H3,(H2,15,18,19);1H. The van der Waals surface area contributed by atoms with E-state index < -0.39 is 10.0 Å². The Hall–Kier alpha value is -1.15. The predicted octanol–water partition coefficient (Wildman–Crippen LogP) is 1.01. The van der Waals surface area contributed by atoms with Crippen molar-refractivity contribution >= 4 is 28.3 Å². The number of hydrogen-bond donors (Lipinski definition) is 2. The van der Waals surface area contributed by atoms with E-state index in [-0.39, 0.29) is 29.3 Å². The molecule has 21 heavy (non-hydrogen) atoms. The van der Waals surface area contributed by atoms with Crippen molar-refractivity contribution in [3.63, 3.8) is 0 Å². The second-order valence-corrected chi connectivity index (χ2v) is 6.25. The second kappa shape index (κ2) is 8.33. The summed E-state index contributed by atoms with van der Waals surface area (Å²) in [4.78, 5) is 13.6. The van der Waals surface area contributed by atoms with Crippen LogP contribution < -0.4 is 10.9 Å². The molecule has 4 N–H and O–H groups in total. The third-order valence-electron chi connectivity index (χ3n) is 3.26. The number of nitrogens with zero attached hydrogens (tertiary/aromatic N) is 1. The molecule has 1 rings (SSSR count). The zero-order chi connectivity index (χ0) is 15.3. The molecule has 0 saturated heterocycles. The lowest BCUT2D eigenvalue weighted by Crippen LogP contribution is -2.29. The first-order chi connectivity index (χ1) is 9.27. The van der Waals surface area contributed by atoms with Gasteiger partial charge in [-0.05, 0) is 37.6 Å². The summed E-state index contributed by atoms with van der Waals surface area (Å²) in [5.41, 5.74) is 6.23. The van der Waals surface area contributed by atoms with Gasteiger partial charge in [0.15, 0.2) is 0 Å². The van der Waals surface area contributed by atoms with Crippen molar-refractivity contribution in [3.8, 4) is 0 Å². The van der Waals surface area contributed by atoms with Gasteiger partial charge in [-0.25, -0.2) is 13.6 Å². The largest absolute Gasteiger partial charge is 0.339 e. The Balaban J connectivity index is 0.00000400. The molecular weight excluding hydrogens is 314 g/mol. The Labute approximate surface area is 132 Å². The van der Waals surface area contributed by atoms with Crippen molar-refractivity contribution in [3.05, 3.63) is 29.8 Å². The molecule has 0 heterocycles. The Kier molecular flexibility index (Phi) is 7.87. The molecule has 6 nitrogen and oxygen atoms in total. The van der Waals surface area contributed by atoms with E-state index in [1.807, 2.05) is 6.92 Å². The normalized spacial score (nSPS) is 12.4. The van der Waals surface area contributed by atoms with Gasteiger partial charge in [-0.3, -0.25) is 4.79 Å². The van der Waals surface area contributed by atoms with Gasteiger partial charge in [0.1, 0.15) is 0 Å². The van der Waals surface area contributed by atoms with Gasteiger partial charge in [-0.15, -0.1) is 12.4 Å². The SMILES string of the molecule is CC(c1ccc(S(N)(=O)=O)cc1)N(C)C(=O)CCCN.Cl. The summed E-state index contributed by atoms with van der Waals surface area (Å²) in [7, 11) is -1.97. The highest BCUT2D eigenvalue weighted by atomic mass is 35.5. The number of halogens is 1. The van der Waals surface area contributed by atoms with E-state index in [4.69, 9.17) is 10.9 Å². The lowest BCUT2D eigenvalue weighted by Gasteiger charge is -2.25. The molecule has 0 radical (unpaired) electrons. The predicted molar refractivity (Wildman–Crippen MR) is 84.5 cm³/mol. The molecule has 0 saturated carbocycles. The average Bonchev–Trinajstić information content (AvgIpc) is 2.42. The highest BCUT2D eigenvalue weighted by Crippen LogP contribution is 2.21. The van der Waals surface area contributed by atoms with Gasteiger partial charge >= 0.3 is 0 Å². The molecule has 0 bridgehead atoms. The summed E-state index contributed by atoms with van der Waals surface area (Å²) in [6.07, 6.45) is 1.06. The smallest absolute Gasteiger partial charge is 0.238 e. The van der Waals surface area contributed by atoms with E-state index in [1.165, 1.54) is 12.1 Å². The summed E-state index contributed by atoms with van der Waals surface area (Å²) in [5, 5.41) is 5.04. The van der Waals surface area contributed by atoms with Crippen LogP contribution in [0.3, 0.4) is 0 Å². The Bertz CT molecular complexity index is 561. The van der Waals surface area contributed by atoms with E-state index in [2.05, 4.69) is 0 Å². The Morgan fingerprint density at radius 2 is 1.81 bits per heavy atom. The third kappa shape index (κ3) is 5.62. The molecular formula is C13H22ClN3O3S. The van der Waals surface area contributed by atoms with Gasteiger partial charge in [0, 0.05) is 13.5 Å². The first-order valence-corrected chi connectivity index (χ1v) is 7.90. The highest BCUT2D eigenvalue weighted by molar-refractivity contribution is 7.89. The van der Waals surface area contributed by atoms with Crippen LogP contribution in [-0.2, 0) is 14.8 Å². The second-order valence-electron chi connectivity index (χ2n) is 4.69. The Morgan fingerprint density at radius 3 is 2.24 bits per heavy atom. The quantitative estimate of drug-likeness (QED) is 0.809. The summed E-state index contributed by atoms with van der Waals surface area (Å²) in [5.74, 6) is 0.0125. The number of primary sulfonamides is 1. The number of hydrogen-bond acceptors (Lipinski definition) is 4. The number of carbonyl (C=O) groups is 1. The van der Waals surface area contributed by atoms with Gasteiger partial charge in [-0.2, -0.15) is 0 Å². The third-order valence-corrected chi connectivity index (χ3v) is 4.19. The maximum absolute atomic E-state index is 11.9. The average molecular weight is 336 g/mol. The maximum Gasteiger partial charge on any atom is 0.238 e. The first kappa shape index (κ1) is 19.9. The molecule has 1 aromatic carbocycles. The fourth-order valence-electron chi connectivity index (χ4n) is 1.81. The molecule has 8 heteroatoms. The number of amides is 1. The summed E-state index contributed by atoms with van der Waals surface area (Å²) in [6, 6.07) is 6.07. The van der Waals surface area contributed by atoms with E-state index in [9.17, 15) is 13.2 Å². The topological polar surface area (TPSA) is 106 Å². The van der Waals surface area contributed by atoms with Gasteiger partial charge in [0.05, 0.1) is 10.9 Å². The van der Waals surface area contributed by atoms with Crippen LogP contribution in [0.25, 0.3) is 0 Å². The van der Waals surface area contributed by atoms with Crippen molar-refractivity contribution in [1.82, 2.24) is 4.90 Å². The molecule has 1 amide bonds. The summed E-state index contributed by atoms with van der Waals surface area (Å²) < 4.78 is 22.4. The number of nitrogens with two attached hydrogens (primary N) is 2. The van der Waals surface area contributed by atoms with Crippen molar-refractivity contribution in [2.24, 2.45) is 10.9 Å². The molecule has 1 unspecified atom stereocenters. The Morgan fingerprint density at radius 1 is 1.29 bits per heavy atom. The van der Waals surface area contributed by atoms with Crippen molar-refractivity contribution in [2.45, 2.75) is 30.7 Å². The van der Waals surface area contributed by atoms with E-state index in [0.29, 0.717) is 19.4 Å². The minimum atomic E-state index is -3.69. The number of rotatable bonds is 6. The van der Waals surface area contributed by atoms with Crippen LogP contribution in [0.4, 0.5) is 0 Å². The fourth-order valence-corrected chi connectivity index (χ4v) is 2.32. The van der Waals surface area contributed by atoms with Crippen LogP contribution in [-0.4, -0.2) is 32.8 Å². The summed E-state index contributed by atoms with van der Waals surface area (Å²) >= 11 is 0. The van der Waals surface area contributed by atoms with E-state index in [0.717, 1.165) is 5.56 Å². The van der Waals surface area contributed by atoms with Gasteiger partial charge in [0.25, 0.3) is 0 Å². The maximum atomic E-state index is 11.9. The number of sulfonamides is 1. The van der Waals surface area contributed by atoms with Crippen LogP contribution >= 0.6 is 12.4 Å². The highest BCUT2D eigenvalue weighted by Gasteiger charge is 2.17. The summed E-state index contributed by atoms with van der Waals surface area (Å²) in [6.45, 7) is 2.36. The lowest BCUT2D eigenvalue weighted by molar-refractivity contribution is -0.131. The molecule has 0 aliphatic carbocycles. The molecule has 0 aliphatic heterocycles. The van der Waals surface area contributed by atoms with Crippen LogP contribution in [0.2, 0.25) is 0 Å². The first-order valence-electron chi connectivity index (χ1n) is 6.36. The van der Waals surface area contributed by atoms with E-state index >= 15 is 0 Å². The molecule has 1 atom stereocenters. The van der Waals surface area contributed by atoms with Crippen molar-refractivity contribution in [1.29, 1.82) is 0 Å². The minimum absolute atomic E-state index is 0. The molecule has 1 aromatic rings. The van der Waals surface area contributed by atoms with Crippen LogP contribution in [0, 0.1) is 0 Å². The molecule has 120 valence electrons. The van der Waals surface area contributed by atoms with Crippen molar-refractivity contribution < 1.29 is 13.2 Å². The number of carbonyl (C=O) groups excluding carboxylic acids is 1. The zero-order valence-electron chi connectivity index (χ0n) is 12.2. The molecule has 0 aromatic heterocycles. The minimum Gasteiger partial charge on any atom is -0.339 e. The molecule has 0 aliphatic rings. The van der Waals surface area contributed by atoms with Crippen LogP contribution in [0.5, 0.6) is 0 Å². The van der Waals surface area contributed by atoms with E-state index in [1.54, 1.807) is 24.1 Å². The monoisotopic (exact) mass is 335 g/mol. The van der Waals surface area contributed by atoms with Crippen molar-refractivity contribution in [2.75, 3.05) is 13.6 Å². The fraction of sp³-hybridized carbons (Fsp3) is 0.462. The van der Waals surface area contributed by atoms with Crippen LogP contribution in [0.15, 0.2) is 29.2 Å². The molecule has 0 spiro atoms. The number of benzene rings is 1. The van der Waals surface area contributed by atoms with Gasteiger partial charge < -0.3 is 10.6 Å². The lowest BCUT2D eigenvalue weighted by atomic mass is 10.1.